The van der Waals surface area contributed by atoms with Gasteiger partial charge in [0.05, 0.1) is 18.7 Å². The first kappa shape index (κ1) is 18.0. The number of amides is 2. The summed E-state index contributed by atoms with van der Waals surface area (Å²) in [5.41, 5.74) is 4.82. The number of ether oxygens (including phenoxy) is 1. The Kier molecular flexibility index (Phi) is 4.98. The van der Waals surface area contributed by atoms with Gasteiger partial charge in [0, 0.05) is 18.7 Å². The molecular formula is C21H24N2O3. The van der Waals surface area contributed by atoms with Gasteiger partial charge in [0.15, 0.2) is 0 Å². The number of methoxy groups -OCH3 is 1. The molecule has 0 aromatic heterocycles. The molecule has 1 aliphatic heterocycles. The van der Waals surface area contributed by atoms with E-state index in [4.69, 9.17) is 4.74 Å². The second-order valence-electron chi connectivity index (χ2n) is 6.87. The molecule has 0 spiro atoms. The molecule has 26 heavy (non-hydrogen) atoms. The third kappa shape index (κ3) is 3.57. The Morgan fingerprint density at radius 2 is 1.88 bits per heavy atom. The van der Waals surface area contributed by atoms with Crippen molar-refractivity contribution in [2.24, 2.45) is 5.92 Å². The van der Waals surface area contributed by atoms with Crippen LogP contribution in [-0.4, -0.2) is 25.5 Å². The maximum atomic E-state index is 12.7. The highest BCUT2D eigenvalue weighted by atomic mass is 16.5. The maximum absolute atomic E-state index is 12.7. The Bertz CT molecular complexity index is 860. The van der Waals surface area contributed by atoms with Gasteiger partial charge < -0.3 is 15.0 Å². The molecule has 2 aromatic rings. The molecule has 1 N–H and O–H groups in total. The average molecular weight is 352 g/mol. The fraction of sp³-hybridized carbons (Fsp3) is 0.333. The van der Waals surface area contributed by atoms with Gasteiger partial charge in [-0.25, -0.2) is 0 Å². The molecule has 1 atom stereocenters. The number of nitrogens with zero attached hydrogens (tertiary/aromatic N) is 1. The summed E-state index contributed by atoms with van der Waals surface area (Å²) in [6.45, 7) is 6.40. The zero-order valence-corrected chi connectivity index (χ0v) is 15.6. The standard InChI is InChI=1S/C21H24N2O3/c1-13-5-8-19(26-4)18(9-13)22-21(25)16-11-20(24)23(12-16)17-7-6-14(2)15(3)10-17/h5-10,16H,11-12H2,1-4H3,(H,22,25)/t16-/m0/s1. The Morgan fingerprint density at radius 3 is 2.58 bits per heavy atom. The van der Waals surface area contributed by atoms with Crippen molar-refractivity contribution in [3.63, 3.8) is 0 Å². The molecule has 5 heteroatoms. The molecule has 2 aromatic carbocycles. The molecule has 1 fully saturated rings. The van der Waals surface area contributed by atoms with Crippen LogP contribution in [0, 0.1) is 26.7 Å². The van der Waals surface area contributed by atoms with Crippen LogP contribution in [0.4, 0.5) is 11.4 Å². The molecule has 5 nitrogen and oxygen atoms in total. The van der Waals surface area contributed by atoms with Crippen LogP contribution in [0.25, 0.3) is 0 Å². The highest BCUT2D eigenvalue weighted by Gasteiger charge is 2.35. The third-order valence-electron chi connectivity index (χ3n) is 4.91. The fourth-order valence-electron chi connectivity index (χ4n) is 3.18. The van der Waals surface area contributed by atoms with Gasteiger partial charge in [-0.3, -0.25) is 9.59 Å². The number of carbonyl (C=O) groups is 2. The number of carbonyl (C=O) groups excluding carboxylic acids is 2. The number of rotatable bonds is 4. The van der Waals surface area contributed by atoms with Crippen LogP contribution in [0.3, 0.4) is 0 Å². The lowest BCUT2D eigenvalue weighted by atomic mass is 10.1. The second kappa shape index (κ2) is 7.20. The van der Waals surface area contributed by atoms with E-state index in [0.29, 0.717) is 18.0 Å². The number of hydrogen-bond donors (Lipinski definition) is 1. The monoisotopic (exact) mass is 352 g/mol. The second-order valence-corrected chi connectivity index (χ2v) is 6.87. The van der Waals surface area contributed by atoms with Gasteiger partial charge in [0.2, 0.25) is 11.8 Å². The number of nitrogens with one attached hydrogen (secondary N) is 1. The van der Waals surface area contributed by atoms with Crippen LogP contribution in [0.15, 0.2) is 36.4 Å². The maximum Gasteiger partial charge on any atom is 0.229 e. The molecule has 0 bridgehead atoms. The molecule has 3 rings (SSSR count). The Balaban J connectivity index is 1.75. The van der Waals surface area contributed by atoms with Gasteiger partial charge in [-0.2, -0.15) is 0 Å². The van der Waals surface area contributed by atoms with Crippen molar-refractivity contribution in [2.75, 3.05) is 23.9 Å². The highest BCUT2D eigenvalue weighted by molar-refractivity contribution is 6.04. The van der Waals surface area contributed by atoms with E-state index in [1.54, 1.807) is 12.0 Å². The van der Waals surface area contributed by atoms with Gasteiger partial charge in [-0.1, -0.05) is 12.1 Å². The quantitative estimate of drug-likeness (QED) is 0.914. The topological polar surface area (TPSA) is 58.6 Å². The molecule has 136 valence electrons. The van der Waals surface area contributed by atoms with Gasteiger partial charge in [0.25, 0.3) is 0 Å². The number of anilines is 2. The Morgan fingerprint density at radius 1 is 1.12 bits per heavy atom. The summed E-state index contributed by atoms with van der Waals surface area (Å²) in [5, 5.41) is 2.91. The van der Waals surface area contributed by atoms with Gasteiger partial charge >= 0.3 is 0 Å². The molecule has 0 radical (unpaired) electrons. The zero-order chi connectivity index (χ0) is 18.8. The summed E-state index contributed by atoms with van der Waals surface area (Å²) in [6.07, 6.45) is 0.215. The van der Waals surface area contributed by atoms with E-state index in [1.165, 1.54) is 5.56 Å². The van der Waals surface area contributed by atoms with Crippen molar-refractivity contribution in [3.05, 3.63) is 53.1 Å². The predicted molar refractivity (Wildman–Crippen MR) is 103 cm³/mol. The lowest BCUT2D eigenvalue weighted by Crippen LogP contribution is -2.28. The lowest BCUT2D eigenvalue weighted by Gasteiger charge is -2.18. The van der Waals surface area contributed by atoms with Gasteiger partial charge in [-0.15, -0.1) is 0 Å². The van der Waals surface area contributed by atoms with E-state index in [9.17, 15) is 9.59 Å². The molecule has 0 unspecified atom stereocenters. The van der Waals surface area contributed by atoms with Crippen LogP contribution in [0.5, 0.6) is 5.75 Å². The van der Waals surface area contributed by atoms with E-state index in [1.807, 2.05) is 57.2 Å². The number of hydrogen-bond acceptors (Lipinski definition) is 3. The van der Waals surface area contributed by atoms with Crippen LogP contribution < -0.4 is 15.0 Å². The normalized spacial score (nSPS) is 16.7. The summed E-state index contributed by atoms with van der Waals surface area (Å²) in [5.74, 6) is 0.0480. The van der Waals surface area contributed by atoms with Crippen molar-refractivity contribution >= 4 is 23.2 Å². The molecular weight excluding hydrogens is 328 g/mol. The molecule has 0 aliphatic carbocycles. The zero-order valence-electron chi connectivity index (χ0n) is 15.6. The van der Waals surface area contributed by atoms with E-state index in [0.717, 1.165) is 16.8 Å². The minimum absolute atomic E-state index is 0.0235. The van der Waals surface area contributed by atoms with Crippen LogP contribution in [0.1, 0.15) is 23.1 Å². The first-order valence-electron chi connectivity index (χ1n) is 8.72. The van der Waals surface area contributed by atoms with Crippen molar-refractivity contribution in [2.45, 2.75) is 27.2 Å². The summed E-state index contributed by atoms with van der Waals surface area (Å²) < 4.78 is 5.31. The van der Waals surface area contributed by atoms with E-state index < -0.39 is 0 Å². The molecule has 1 saturated heterocycles. The average Bonchev–Trinajstić information content (AvgIpc) is 2.99. The summed E-state index contributed by atoms with van der Waals surface area (Å²) in [6, 6.07) is 11.6. The Hall–Kier alpha value is -2.82. The van der Waals surface area contributed by atoms with Crippen LogP contribution in [0.2, 0.25) is 0 Å². The predicted octanol–water partition coefficient (Wildman–Crippen LogP) is 3.61. The smallest absolute Gasteiger partial charge is 0.229 e. The van der Waals surface area contributed by atoms with Crippen molar-refractivity contribution < 1.29 is 14.3 Å². The number of benzene rings is 2. The Labute approximate surface area is 154 Å². The van der Waals surface area contributed by atoms with E-state index in [2.05, 4.69) is 5.32 Å². The first-order valence-corrected chi connectivity index (χ1v) is 8.72. The van der Waals surface area contributed by atoms with Crippen molar-refractivity contribution in [1.29, 1.82) is 0 Å². The van der Waals surface area contributed by atoms with Crippen molar-refractivity contribution in [1.82, 2.24) is 0 Å². The van der Waals surface area contributed by atoms with Crippen LogP contribution in [-0.2, 0) is 9.59 Å². The van der Waals surface area contributed by atoms with Crippen molar-refractivity contribution in [3.8, 4) is 5.75 Å². The van der Waals surface area contributed by atoms with Gasteiger partial charge in [-0.05, 0) is 61.7 Å². The SMILES string of the molecule is COc1ccc(C)cc1NC(=O)[C@H]1CC(=O)N(c2ccc(C)c(C)c2)C1. The fourth-order valence-corrected chi connectivity index (χ4v) is 3.18. The molecule has 0 saturated carbocycles. The first-order chi connectivity index (χ1) is 12.4. The highest BCUT2D eigenvalue weighted by Crippen LogP contribution is 2.30. The minimum Gasteiger partial charge on any atom is -0.495 e. The van der Waals surface area contributed by atoms with Crippen LogP contribution >= 0.6 is 0 Å². The minimum atomic E-state index is -0.380. The summed E-state index contributed by atoms with van der Waals surface area (Å²) >= 11 is 0. The summed E-state index contributed by atoms with van der Waals surface area (Å²) in [4.78, 5) is 26.8. The van der Waals surface area contributed by atoms with E-state index >= 15 is 0 Å². The van der Waals surface area contributed by atoms with E-state index in [-0.39, 0.29) is 24.2 Å². The lowest BCUT2D eigenvalue weighted by molar-refractivity contribution is -0.122. The number of aryl methyl sites for hydroxylation is 3. The molecule has 2 amide bonds. The van der Waals surface area contributed by atoms with Gasteiger partial charge in [0.1, 0.15) is 5.75 Å². The largest absolute Gasteiger partial charge is 0.495 e. The summed E-state index contributed by atoms with van der Waals surface area (Å²) in [7, 11) is 1.57. The third-order valence-corrected chi connectivity index (χ3v) is 4.91. The molecule has 1 aliphatic rings. The molecule has 1 heterocycles.